The lowest BCUT2D eigenvalue weighted by atomic mass is 10.1. The summed E-state index contributed by atoms with van der Waals surface area (Å²) < 4.78 is 1.02. The van der Waals surface area contributed by atoms with Crippen molar-refractivity contribution in [2.24, 2.45) is 0 Å². The van der Waals surface area contributed by atoms with Gasteiger partial charge in [0.15, 0.2) is 0 Å². The second-order valence-corrected chi connectivity index (χ2v) is 3.48. The summed E-state index contributed by atoms with van der Waals surface area (Å²) in [4.78, 5) is 0. The Bertz CT molecular complexity index is 382. The minimum Gasteiger partial charge on any atom is -0.192 e. The monoisotopic (exact) mass is 233 g/mol. The van der Waals surface area contributed by atoms with Crippen molar-refractivity contribution >= 4 is 15.9 Å². The molecule has 1 rings (SSSR count). The van der Waals surface area contributed by atoms with Gasteiger partial charge >= 0.3 is 0 Å². The van der Waals surface area contributed by atoms with Gasteiger partial charge < -0.3 is 0 Å². The van der Waals surface area contributed by atoms with E-state index in [1.807, 2.05) is 12.1 Å². The molecule has 64 valence electrons. The minimum atomic E-state index is 0.676. The lowest BCUT2D eigenvalue weighted by molar-refractivity contribution is 1.02. The fourth-order valence-electron chi connectivity index (χ4n) is 1.04. The summed E-state index contributed by atoms with van der Waals surface area (Å²) in [5.41, 5.74) is 1.77. The first-order valence-corrected chi connectivity index (χ1v) is 4.69. The molecular weight excluding hydrogens is 226 g/mol. The van der Waals surface area contributed by atoms with E-state index in [1.54, 1.807) is 6.07 Å². The van der Waals surface area contributed by atoms with Crippen molar-refractivity contribution in [2.45, 2.75) is 12.8 Å². The predicted octanol–water partition coefficient (Wildman–Crippen LogP) is 2.89. The summed E-state index contributed by atoms with van der Waals surface area (Å²) >= 11 is 3.41. The summed E-state index contributed by atoms with van der Waals surface area (Å²) in [6, 6.07) is 7.62. The fourth-order valence-corrected chi connectivity index (χ4v) is 1.49. The van der Waals surface area contributed by atoms with Gasteiger partial charge in [0.1, 0.15) is 0 Å². The Kier molecular flexibility index (Phi) is 3.55. The molecule has 0 N–H and O–H groups in total. The molecule has 0 atom stereocenters. The zero-order valence-electron chi connectivity index (χ0n) is 7.05. The Morgan fingerprint density at radius 3 is 2.85 bits per heavy atom. The Hall–Kier alpha value is -1.25. The van der Waals surface area contributed by atoms with Gasteiger partial charge in [0.25, 0.3) is 0 Å². The largest absolute Gasteiger partial charge is 0.192 e. The second kappa shape index (κ2) is 4.70. The summed E-state index contributed by atoms with van der Waals surface area (Å²) in [5.74, 6) is 2.58. The standard InChI is InChI=1S/C11H8BrN/c1-2-3-4-10-7-9(8-13)5-6-11(10)12/h1,5-7H,3-4H2. The first kappa shape index (κ1) is 9.84. The van der Waals surface area contributed by atoms with Gasteiger partial charge in [-0.05, 0) is 30.2 Å². The number of benzene rings is 1. The average molecular weight is 234 g/mol. The van der Waals surface area contributed by atoms with Crippen LogP contribution in [0.5, 0.6) is 0 Å². The van der Waals surface area contributed by atoms with Crippen LogP contribution in [0.15, 0.2) is 22.7 Å². The van der Waals surface area contributed by atoms with E-state index >= 15 is 0 Å². The number of nitriles is 1. The van der Waals surface area contributed by atoms with Gasteiger partial charge in [-0.1, -0.05) is 15.9 Å². The number of rotatable bonds is 2. The molecule has 13 heavy (non-hydrogen) atoms. The summed E-state index contributed by atoms with van der Waals surface area (Å²) in [6.07, 6.45) is 6.68. The highest BCUT2D eigenvalue weighted by atomic mass is 79.9. The van der Waals surface area contributed by atoms with E-state index < -0.39 is 0 Å². The van der Waals surface area contributed by atoms with Gasteiger partial charge in [0.2, 0.25) is 0 Å². The molecule has 0 aliphatic carbocycles. The SMILES string of the molecule is C#CCCc1cc(C#N)ccc1Br. The summed E-state index contributed by atoms with van der Waals surface area (Å²) in [6.45, 7) is 0. The van der Waals surface area contributed by atoms with E-state index in [9.17, 15) is 0 Å². The maximum Gasteiger partial charge on any atom is 0.0991 e. The third kappa shape index (κ3) is 2.61. The van der Waals surface area contributed by atoms with Crippen LogP contribution in [0.25, 0.3) is 0 Å². The minimum absolute atomic E-state index is 0.676. The molecule has 0 amide bonds. The Labute approximate surface area is 86.5 Å². The molecule has 1 aromatic rings. The predicted molar refractivity (Wildman–Crippen MR) is 56.0 cm³/mol. The Morgan fingerprint density at radius 1 is 1.46 bits per heavy atom. The summed E-state index contributed by atoms with van der Waals surface area (Å²) in [5, 5.41) is 8.67. The van der Waals surface area contributed by atoms with Crippen molar-refractivity contribution in [1.82, 2.24) is 0 Å². The molecule has 1 nitrogen and oxygen atoms in total. The topological polar surface area (TPSA) is 23.8 Å². The number of nitrogens with zero attached hydrogens (tertiary/aromatic N) is 1. The Balaban J connectivity index is 2.93. The average Bonchev–Trinajstić information content (AvgIpc) is 2.17. The fraction of sp³-hybridized carbons (Fsp3) is 0.182. The second-order valence-electron chi connectivity index (χ2n) is 2.62. The van der Waals surface area contributed by atoms with Gasteiger partial charge in [0.05, 0.1) is 11.6 Å². The lowest BCUT2D eigenvalue weighted by Crippen LogP contribution is -1.87. The molecule has 0 heterocycles. The van der Waals surface area contributed by atoms with Crippen molar-refractivity contribution in [3.8, 4) is 18.4 Å². The van der Waals surface area contributed by atoms with E-state index in [2.05, 4.69) is 27.9 Å². The van der Waals surface area contributed by atoms with Gasteiger partial charge in [0, 0.05) is 10.9 Å². The first-order valence-electron chi connectivity index (χ1n) is 3.90. The molecule has 0 bridgehead atoms. The number of terminal acetylenes is 1. The molecule has 0 radical (unpaired) electrons. The van der Waals surface area contributed by atoms with Crippen molar-refractivity contribution < 1.29 is 0 Å². The van der Waals surface area contributed by atoms with Crippen molar-refractivity contribution in [3.05, 3.63) is 33.8 Å². The summed E-state index contributed by atoms with van der Waals surface area (Å²) in [7, 11) is 0. The molecule has 1 aromatic carbocycles. The molecule has 0 aromatic heterocycles. The van der Waals surface area contributed by atoms with E-state index in [0.29, 0.717) is 12.0 Å². The van der Waals surface area contributed by atoms with Gasteiger partial charge in [-0.15, -0.1) is 12.3 Å². The number of hydrogen-bond acceptors (Lipinski definition) is 1. The highest BCUT2D eigenvalue weighted by molar-refractivity contribution is 9.10. The molecule has 0 saturated heterocycles. The van der Waals surface area contributed by atoms with Crippen molar-refractivity contribution in [1.29, 1.82) is 5.26 Å². The highest BCUT2D eigenvalue weighted by Crippen LogP contribution is 2.19. The molecule has 0 fully saturated rings. The Morgan fingerprint density at radius 2 is 2.23 bits per heavy atom. The van der Waals surface area contributed by atoms with E-state index in [0.717, 1.165) is 16.5 Å². The first-order chi connectivity index (χ1) is 6.27. The molecule has 0 aliphatic heterocycles. The quantitative estimate of drug-likeness (QED) is 0.721. The van der Waals surface area contributed by atoms with Crippen LogP contribution in [0.2, 0.25) is 0 Å². The van der Waals surface area contributed by atoms with Crippen LogP contribution in [0.3, 0.4) is 0 Å². The highest BCUT2D eigenvalue weighted by Gasteiger charge is 2.00. The molecule has 0 spiro atoms. The smallest absolute Gasteiger partial charge is 0.0991 e. The molecule has 0 unspecified atom stereocenters. The maximum atomic E-state index is 8.67. The number of aryl methyl sites for hydroxylation is 1. The van der Waals surface area contributed by atoms with Gasteiger partial charge in [-0.25, -0.2) is 0 Å². The van der Waals surface area contributed by atoms with Crippen molar-refractivity contribution in [3.63, 3.8) is 0 Å². The van der Waals surface area contributed by atoms with Gasteiger partial charge in [-0.2, -0.15) is 5.26 Å². The van der Waals surface area contributed by atoms with Crippen LogP contribution in [-0.4, -0.2) is 0 Å². The molecule has 0 saturated carbocycles. The van der Waals surface area contributed by atoms with E-state index in [4.69, 9.17) is 11.7 Å². The molecular formula is C11H8BrN. The lowest BCUT2D eigenvalue weighted by Gasteiger charge is -2.01. The van der Waals surface area contributed by atoms with Crippen LogP contribution < -0.4 is 0 Å². The van der Waals surface area contributed by atoms with Gasteiger partial charge in [-0.3, -0.25) is 0 Å². The zero-order chi connectivity index (χ0) is 9.68. The van der Waals surface area contributed by atoms with Crippen LogP contribution >= 0.6 is 15.9 Å². The van der Waals surface area contributed by atoms with Crippen LogP contribution in [-0.2, 0) is 6.42 Å². The zero-order valence-corrected chi connectivity index (χ0v) is 8.63. The number of halogens is 1. The van der Waals surface area contributed by atoms with E-state index in [-0.39, 0.29) is 0 Å². The normalized spacial score (nSPS) is 8.85. The third-order valence-electron chi connectivity index (χ3n) is 1.71. The molecule has 2 heteroatoms. The maximum absolute atomic E-state index is 8.67. The van der Waals surface area contributed by atoms with E-state index in [1.165, 1.54) is 0 Å². The van der Waals surface area contributed by atoms with Crippen molar-refractivity contribution in [2.75, 3.05) is 0 Å². The van der Waals surface area contributed by atoms with Crippen LogP contribution in [0.4, 0.5) is 0 Å². The van der Waals surface area contributed by atoms with Crippen LogP contribution in [0, 0.1) is 23.7 Å². The van der Waals surface area contributed by atoms with Crippen LogP contribution in [0.1, 0.15) is 17.5 Å². The molecule has 0 aliphatic rings. The third-order valence-corrected chi connectivity index (χ3v) is 2.49. The number of hydrogen-bond donors (Lipinski definition) is 0.